The van der Waals surface area contributed by atoms with Crippen molar-refractivity contribution in [1.29, 1.82) is 0 Å². The van der Waals surface area contributed by atoms with Gasteiger partial charge in [0.1, 0.15) is 5.76 Å². The van der Waals surface area contributed by atoms with Crippen LogP contribution < -0.4 is 0 Å². The summed E-state index contributed by atoms with van der Waals surface area (Å²) in [5.74, 6) is 0.854. The van der Waals surface area contributed by atoms with Crippen LogP contribution in [0.25, 0.3) is 0 Å². The Kier molecular flexibility index (Phi) is 2.27. The van der Waals surface area contributed by atoms with Crippen LogP contribution in [0.15, 0.2) is 21.9 Å². The van der Waals surface area contributed by atoms with Gasteiger partial charge in [-0.3, -0.25) is 0 Å². The highest BCUT2D eigenvalue weighted by Gasteiger charge is 2.32. The molecule has 0 spiro atoms. The lowest BCUT2D eigenvalue weighted by Gasteiger charge is -2.11. The lowest BCUT2D eigenvalue weighted by atomic mass is 9.97. The zero-order chi connectivity index (χ0) is 11.0. The smallest absolute Gasteiger partial charge is 0.338 e. The number of carbonyl (C=O) groups excluding carboxylic acids is 1. The number of hydrogen-bond acceptors (Lipinski definition) is 4. The number of aryl methyl sites for hydroxylation is 1. The summed E-state index contributed by atoms with van der Waals surface area (Å²) < 4.78 is 5.33. The molecule has 0 atom stereocenters. The van der Waals surface area contributed by atoms with Gasteiger partial charge in [-0.2, -0.15) is 0 Å². The summed E-state index contributed by atoms with van der Waals surface area (Å²) in [5.41, 5.74) is 1.83. The van der Waals surface area contributed by atoms with Crippen molar-refractivity contribution in [3.8, 4) is 0 Å². The molecule has 0 saturated heterocycles. The average molecular weight is 219 g/mol. The third kappa shape index (κ3) is 1.75. The molecule has 2 aliphatic carbocycles. The van der Waals surface area contributed by atoms with E-state index >= 15 is 0 Å². The molecule has 84 valence electrons. The highest BCUT2D eigenvalue weighted by Crippen LogP contribution is 2.30. The first-order chi connectivity index (χ1) is 7.84. The van der Waals surface area contributed by atoms with Crippen molar-refractivity contribution in [2.75, 3.05) is 0 Å². The van der Waals surface area contributed by atoms with E-state index in [2.05, 4.69) is 5.16 Å². The molecule has 16 heavy (non-hydrogen) atoms. The topological polar surface area (TPSA) is 51.8 Å². The van der Waals surface area contributed by atoms with Gasteiger partial charge in [-0.1, -0.05) is 5.16 Å². The molecule has 0 N–H and O–H groups in total. The Hall–Kier alpha value is -1.58. The van der Waals surface area contributed by atoms with Crippen LogP contribution in [-0.2, 0) is 16.1 Å². The number of oxime groups is 1. The van der Waals surface area contributed by atoms with Crippen molar-refractivity contribution in [1.82, 2.24) is 0 Å². The van der Waals surface area contributed by atoms with Gasteiger partial charge in [-0.05, 0) is 31.7 Å². The Balaban J connectivity index is 1.75. The third-order valence-electron chi connectivity index (χ3n) is 3.03. The van der Waals surface area contributed by atoms with Crippen LogP contribution in [0.5, 0.6) is 0 Å². The summed E-state index contributed by atoms with van der Waals surface area (Å²) in [4.78, 5) is 16.3. The molecule has 4 heteroatoms. The SMILES string of the molecule is O=C(ON=C1CCCc2occc21)C1CC1. The lowest BCUT2D eigenvalue weighted by molar-refractivity contribution is -0.145. The van der Waals surface area contributed by atoms with Gasteiger partial charge in [0.2, 0.25) is 0 Å². The predicted molar refractivity (Wildman–Crippen MR) is 57.0 cm³/mol. The van der Waals surface area contributed by atoms with E-state index in [1.54, 1.807) is 6.26 Å². The monoisotopic (exact) mass is 219 g/mol. The van der Waals surface area contributed by atoms with Gasteiger partial charge in [0.25, 0.3) is 0 Å². The van der Waals surface area contributed by atoms with Crippen molar-refractivity contribution < 1.29 is 14.0 Å². The minimum atomic E-state index is -0.192. The second-order valence-electron chi connectivity index (χ2n) is 4.33. The van der Waals surface area contributed by atoms with Crippen LogP contribution in [0.4, 0.5) is 0 Å². The summed E-state index contributed by atoms with van der Waals surface area (Å²) in [6, 6.07) is 1.89. The zero-order valence-electron chi connectivity index (χ0n) is 8.94. The maximum atomic E-state index is 11.3. The fourth-order valence-electron chi connectivity index (χ4n) is 1.93. The third-order valence-corrected chi connectivity index (χ3v) is 3.03. The van der Waals surface area contributed by atoms with E-state index < -0.39 is 0 Å². The van der Waals surface area contributed by atoms with Crippen LogP contribution in [0.1, 0.15) is 37.0 Å². The van der Waals surface area contributed by atoms with E-state index in [-0.39, 0.29) is 11.9 Å². The highest BCUT2D eigenvalue weighted by molar-refractivity contribution is 6.02. The molecule has 0 radical (unpaired) electrons. The molecular weight excluding hydrogens is 206 g/mol. The molecule has 1 aromatic rings. The summed E-state index contributed by atoms with van der Waals surface area (Å²) in [5, 5.41) is 3.97. The number of rotatable bonds is 2. The molecule has 0 unspecified atom stereocenters. The molecule has 4 nitrogen and oxygen atoms in total. The summed E-state index contributed by atoms with van der Waals surface area (Å²) in [6.45, 7) is 0. The summed E-state index contributed by atoms with van der Waals surface area (Å²) in [6.07, 6.45) is 6.35. The Bertz CT molecular complexity index is 443. The van der Waals surface area contributed by atoms with E-state index in [0.717, 1.165) is 49.1 Å². The predicted octanol–water partition coefficient (Wildman–Crippen LogP) is 2.27. The fourth-order valence-corrected chi connectivity index (χ4v) is 1.93. The van der Waals surface area contributed by atoms with Gasteiger partial charge in [0.15, 0.2) is 0 Å². The highest BCUT2D eigenvalue weighted by atomic mass is 16.7. The Morgan fingerprint density at radius 2 is 2.31 bits per heavy atom. The molecule has 1 heterocycles. The molecule has 1 aromatic heterocycles. The van der Waals surface area contributed by atoms with E-state index in [1.807, 2.05) is 6.07 Å². The standard InChI is InChI=1S/C12H13NO3/c14-12(8-4-5-8)16-13-10-2-1-3-11-9(10)6-7-15-11/h6-8H,1-5H2. The van der Waals surface area contributed by atoms with Crippen molar-refractivity contribution in [3.05, 3.63) is 23.7 Å². The maximum absolute atomic E-state index is 11.3. The number of nitrogens with zero attached hydrogens (tertiary/aromatic N) is 1. The normalized spacial score (nSPS) is 21.9. The van der Waals surface area contributed by atoms with Gasteiger partial charge in [-0.15, -0.1) is 0 Å². The van der Waals surface area contributed by atoms with Crippen molar-refractivity contribution in [2.45, 2.75) is 32.1 Å². The minimum absolute atomic E-state index is 0.0942. The van der Waals surface area contributed by atoms with Crippen molar-refractivity contribution in [2.24, 2.45) is 11.1 Å². The Morgan fingerprint density at radius 3 is 3.12 bits per heavy atom. The van der Waals surface area contributed by atoms with Gasteiger partial charge >= 0.3 is 5.97 Å². The second-order valence-corrected chi connectivity index (χ2v) is 4.33. The Morgan fingerprint density at radius 1 is 1.44 bits per heavy atom. The Labute approximate surface area is 93.3 Å². The van der Waals surface area contributed by atoms with Gasteiger partial charge < -0.3 is 9.25 Å². The quantitative estimate of drug-likeness (QED) is 0.566. The maximum Gasteiger partial charge on any atom is 0.338 e. The van der Waals surface area contributed by atoms with Crippen molar-refractivity contribution in [3.63, 3.8) is 0 Å². The van der Waals surface area contributed by atoms with Gasteiger partial charge in [0.05, 0.1) is 17.9 Å². The van der Waals surface area contributed by atoms with Crippen LogP contribution in [0, 0.1) is 5.92 Å². The average Bonchev–Trinajstić information content (AvgIpc) is 3.04. The first-order valence-corrected chi connectivity index (χ1v) is 5.69. The van der Waals surface area contributed by atoms with E-state index in [9.17, 15) is 4.79 Å². The molecule has 0 bridgehead atoms. The van der Waals surface area contributed by atoms with E-state index in [0.29, 0.717) is 0 Å². The molecule has 1 saturated carbocycles. The number of fused-ring (bicyclic) bond motifs is 1. The first kappa shape index (κ1) is 9.63. The molecule has 2 aliphatic rings. The van der Waals surface area contributed by atoms with Crippen LogP contribution in [0.3, 0.4) is 0 Å². The second kappa shape index (κ2) is 3.77. The summed E-state index contributed by atoms with van der Waals surface area (Å²) in [7, 11) is 0. The van der Waals surface area contributed by atoms with Crippen LogP contribution in [-0.4, -0.2) is 11.7 Å². The van der Waals surface area contributed by atoms with E-state index in [1.165, 1.54) is 0 Å². The number of carbonyl (C=O) groups is 1. The minimum Gasteiger partial charge on any atom is -0.469 e. The lowest BCUT2D eigenvalue weighted by Crippen LogP contribution is -2.12. The molecule has 0 amide bonds. The van der Waals surface area contributed by atoms with E-state index in [4.69, 9.17) is 9.25 Å². The number of hydrogen-bond donors (Lipinski definition) is 0. The fraction of sp³-hybridized carbons (Fsp3) is 0.500. The number of furan rings is 1. The largest absolute Gasteiger partial charge is 0.469 e. The molecule has 1 fully saturated rings. The molecule has 0 aromatic carbocycles. The van der Waals surface area contributed by atoms with Gasteiger partial charge in [0, 0.05) is 12.0 Å². The molecular formula is C12H13NO3. The first-order valence-electron chi connectivity index (χ1n) is 5.69. The molecule has 0 aliphatic heterocycles. The van der Waals surface area contributed by atoms with Crippen LogP contribution >= 0.6 is 0 Å². The summed E-state index contributed by atoms with van der Waals surface area (Å²) >= 11 is 0. The van der Waals surface area contributed by atoms with Crippen molar-refractivity contribution >= 4 is 11.7 Å². The van der Waals surface area contributed by atoms with Crippen LogP contribution in [0.2, 0.25) is 0 Å². The van der Waals surface area contributed by atoms with Gasteiger partial charge in [-0.25, -0.2) is 4.79 Å². The zero-order valence-corrected chi connectivity index (χ0v) is 8.94. The molecule has 3 rings (SSSR count).